The highest BCUT2D eigenvalue weighted by Gasteiger charge is 2.47. The predicted octanol–water partition coefficient (Wildman–Crippen LogP) is 1.91. The molecule has 1 saturated heterocycles. The summed E-state index contributed by atoms with van der Waals surface area (Å²) in [6.07, 6.45) is 6.08. The molecule has 2 rings (SSSR count). The Hall–Kier alpha value is -3.19. The highest BCUT2D eigenvalue weighted by molar-refractivity contribution is 6.12. The third kappa shape index (κ3) is 7.39. The summed E-state index contributed by atoms with van der Waals surface area (Å²) in [6.45, 7) is 5.42. The van der Waals surface area contributed by atoms with Crippen molar-refractivity contribution in [3.63, 3.8) is 0 Å². The molecule has 0 aliphatic carbocycles. The van der Waals surface area contributed by atoms with Crippen LogP contribution in [-0.2, 0) is 19.2 Å². The van der Waals surface area contributed by atoms with Crippen molar-refractivity contribution in [1.29, 1.82) is 0 Å². The third-order valence-corrected chi connectivity index (χ3v) is 5.78. The van der Waals surface area contributed by atoms with Crippen LogP contribution in [0.25, 0.3) is 0 Å². The van der Waals surface area contributed by atoms with Gasteiger partial charge in [0.1, 0.15) is 5.60 Å². The van der Waals surface area contributed by atoms with E-state index in [0.717, 1.165) is 24.2 Å². The van der Waals surface area contributed by atoms with E-state index in [2.05, 4.69) is 22.6 Å². The van der Waals surface area contributed by atoms with Crippen LogP contribution in [0.1, 0.15) is 62.4 Å². The van der Waals surface area contributed by atoms with E-state index in [9.17, 15) is 19.5 Å². The molecule has 190 valence electrons. The SMILES string of the molecule is CC/C=C\C(C)(O)C#Cc1ccc(C(=O)N(C)[C@@](C)(C(=O)NC)C(=O)NOC2CCCCO2)cc1. The monoisotopic (exact) mass is 485 g/mol. The van der Waals surface area contributed by atoms with Crippen LogP contribution < -0.4 is 10.8 Å². The van der Waals surface area contributed by atoms with E-state index in [1.54, 1.807) is 37.3 Å². The maximum absolute atomic E-state index is 13.2. The molecule has 1 aliphatic heterocycles. The van der Waals surface area contributed by atoms with Crippen LogP contribution in [0.2, 0.25) is 0 Å². The minimum absolute atomic E-state index is 0.259. The Balaban J connectivity index is 2.17. The zero-order valence-electron chi connectivity index (χ0n) is 21.0. The number of allylic oxidation sites excluding steroid dienone is 1. The molecule has 0 saturated carbocycles. The number of carbonyl (C=O) groups excluding carboxylic acids is 3. The molecule has 0 radical (unpaired) electrons. The first kappa shape index (κ1) is 28.1. The lowest BCUT2D eigenvalue weighted by Crippen LogP contribution is -2.65. The minimum atomic E-state index is -1.89. The molecule has 2 unspecified atom stereocenters. The van der Waals surface area contributed by atoms with Crippen molar-refractivity contribution >= 4 is 17.7 Å². The summed E-state index contributed by atoms with van der Waals surface area (Å²) >= 11 is 0. The first-order valence-corrected chi connectivity index (χ1v) is 11.7. The Kier molecular flexibility index (Phi) is 10.0. The zero-order chi connectivity index (χ0) is 26.1. The molecular weight excluding hydrogens is 450 g/mol. The number of hydrogen-bond acceptors (Lipinski definition) is 6. The van der Waals surface area contributed by atoms with Gasteiger partial charge in [0.2, 0.25) is 0 Å². The van der Waals surface area contributed by atoms with Crippen molar-refractivity contribution in [3.05, 3.63) is 47.5 Å². The highest BCUT2D eigenvalue weighted by Crippen LogP contribution is 2.20. The van der Waals surface area contributed by atoms with Gasteiger partial charge in [-0.2, -0.15) is 0 Å². The Morgan fingerprint density at radius 1 is 1.23 bits per heavy atom. The average molecular weight is 486 g/mol. The second-order valence-corrected chi connectivity index (χ2v) is 8.65. The molecule has 3 N–H and O–H groups in total. The fraction of sp³-hybridized carbons (Fsp3) is 0.500. The molecule has 0 bridgehead atoms. The van der Waals surface area contributed by atoms with Crippen molar-refractivity contribution in [2.45, 2.75) is 63.9 Å². The molecule has 9 nitrogen and oxygen atoms in total. The summed E-state index contributed by atoms with van der Waals surface area (Å²) in [5.74, 6) is 3.64. The summed E-state index contributed by atoms with van der Waals surface area (Å²) in [6, 6.07) is 6.37. The van der Waals surface area contributed by atoms with E-state index >= 15 is 0 Å². The number of rotatable bonds is 8. The van der Waals surface area contributed by atoms with E-state index in [1.807, 2.05) is 13.0 Å². The maximum Gasteiger partial charge on any atom is 0.279 e. The maximum atomic E-state index is 13.2. The molecule has 9 heteroatoms. The van der Waals surface area contributed by atoms with Gasteiger partial charge in [0.25, 0.3) is 17.7 Å². The Morgan fingerprint density at radius 2 is 1.91 bits per heavy atom. The van der Waals surface area contributed by atoms with Gasteiger partial charge in [0.15, 0.2) is 11.8 Å². The van der Waals surface area contributed by atoms with Crippen LogP contribution in [-0.4, -0.2) is 65.9 Å². The fourth-order valence-electron chi connectivity index (χ4n) is 3.35. The van der Waals surface area contributed by atoms with Gasteiger partial charge in [-0.25, -0.2) is 10.3 Å². The van der Waals surface area contributed by atoms with Gasteiger partial charge in [-0.1, -0.05) is 24.8 Å². The molecule has 0 spiro atoms. The van der Waals surface area contributed by atoms with Gasteiger partial charge in [-0.3, -0.25) is 14.4 Å². The lowest BCUT2D eigenvalue weighted by molar-refractivity contribution is -0.204. The number of carbonyl (C=O) groups is 3. The smallest absolute Gasteiger partial charge is 0.279 e. The van der Waals surface area contributed by atoms with E-state index in [1.165, 1.54) is 21.0 Å². The van der Waals surface area contributed by atoms with Crippen LogP contribution in [0.5, 0.6) is 0 Å². The first-order chi connectivity index (χ1) is 16.5. The minimum Gasteiger partial charge on any atom is -0.374 e. The fourth-order valence-corrected chi connectivity index (χ4v) is 3.35. The van der Waals surface area contributed by atoms with Gasteiger partial charge in [-0.15, -0.1) is 0 Å². The summed E-state index contributed by atoms with van der Waals surface area (Å²) in [5.41, 5.74) is -0.00908. The number of ether oxygens (including phenoxy) is 1. The van der Waals surface area contributed by atoms with Crippen molar-refractivity contribution in [2.75, 3.05) is 20.7 Å². The molecule has 3 amide bonds. The van der Waals surface area contributed by atoms with E-state index in [0.29, 0.717) is 18.6 Å². The number of aliphatic hydroxyl groups is 1. The number of nitrogens with zero attached hydrogens (tertiary/aromatic N) is 1. The number of hydroxylamine groups is 1. The van der Waals surface area contributed by atoms with Crippen molar-refractivity contribution in [3.8, 4) is 11.8 Å². The van der Waals surface area contributed by atoms with Gasteiger partial charge < -0.3 is 20.1 Å². The number of amides is 3. The molecule has 3 atom stereocenters. The molecular formula is C26H35N3O6. The second kappa shape index (κ2) is 12.5. The molecule has 35 heavy (non-hydrogen) atoms. The summed E-state index contributed by atoms with van der Waals surface area (Å²) in [7, 11) is 2.76. The van der Waals surface area contributed by atoms with Crippen LogP contribution in [0.4, 0.5) is 0 Å². The summed E-state index contributed by atoms with van der Waals surface area (Å²) in [5, 5.41) is 12.7. The van der Waals surface area contributed by atoms with Crippen molar-refractivity contribution < 1.29 is 29.1 Å². The summed E-state index contributed by atoms with van der Waals surface area (Å²) < 4.78 is 5.43. The Morgan fingerprint density at radius 3 is 2.49 bits per heavy atom. The second-order valence-electron chi connectivity index (χ2n) is 8.65. The number of hydrogen-bond donors (Lipinski definition) is 3. The quantitative estimate of drug-likeness (QED) is 0.224. The topological polar surface area (TPSA) is 117 Å². The molecule has 1 aliphatic rings. The van der Waals surface area contributed by atoms with Crippen molar-refractivity contribution in [1.82, 2.24) is 15.7 Å². The third-order valence-electron chi connectivity index (χ3n) is 5.78. The zero-order valence-corrected chi connectivity index (χ0v) is 21.0. The van der Waals surface area contributed by atoms with Gasteiger partial charge >= 0.3 is 0 Å². The molecule has 1 fully saturated rings. The molecule has 1 aromatic carbocycles. The average Bonchev–Trinajstić information content (AvgIpc) is 2.88. The van der Waals surface area contributed by atoms with Gasteiger partial charge in [-0.05, 0) is 63.5 Å². The van der Waals surface area contributed by atoms with Crippen LogP contribution in [0.3, 0.4) is 0 Å². The largest absolute Gasteiger partial charge is 0.374 e. The van der Waals surface area contributed by atoms with Crippen molar-refractivity contribution in [2.24, 2.45) is 0 Å². The normalized spacial score (nSPS) is 19.0. The molecule has 1 aromatic rings. The Labute approximate surface area is 206 Å². The molecule has 1 heterocycles. The van der Waals surface area contributed by atoms with E-state index in [4.69, 9.17) is 9.57 Å². The standard InChI is InChI=1S/C26H35N3O6/c1-6-7-16-25(2,33)17-15-19-11-13-20(14-12-19)22(30)29(5)26(3,23(31)27-4)24(32)28-35-21-10-8-9-18-34-21/h7,11-14,16,21,33H,6,8-10,18H2,1-5H3,(H,27,31)(H,28,32)/b16-7-/t21?,25?,26-/m0/s1. The first-order valence-electron chi connectivity index (χ1n) is 11.7. The van der Waals surface area contributed by atoms with Crippen LogP contribution in [0, 0.1) is 11.8 Å². The lowest BCUT2D eigenvalue weighted by Gasteiger charge is -2.36. The number of likely N-dealkylation sites (N-methyl/N-ethyl adjacent to an activating group) is 2. The van der Waals surface area contributed by atoms with Gasteiger partial charge in [0, 0.05) is 38.2 Å². The van der Waals surface area contributed by atoms with E-state index < -0.39 is 35.2 Å². The van der Waals surface area contributed by atoms with E-state index in [-0.39, 0.29) is 5.56 Å². The van der Waals surface area contributed by atoms with Crippen LogP contribution in [0.15, 0.2) is 36.4 Å². The van der Waals surface area contributed by atoms with Crippen LogP contribution >= 0.6 is 0 Å². The highest BCUT2D eigenvalue weighted by atomic mass is 16.8. The Bertz CT molecular complexity index is 987. The lowest BCUT2D eigenvalue weighted by atomic mass is 9.96. The van der Waals surface area contributed by atoms with Gasteiger partial charge in [0.05, 0.1) is 0 Å². The number of benzene rings is 1. The summed E-state index contributed by atoms with van der Waals surface area (Å²) in [4.78, 5) is 45.3. The number of nitrogens with one attached hydrogen (secondary N) is 2. The molecule has 0 aromatic heterocycles. The predicted molar refractivity (Wildman–Crippen MR) is 131 cm³/mol.